The summed E-state index contributed by atoms with van der Waals surface area (Å²) in [6.07, 6.45) is 2.96. The summed E-state index contributed by atoms with van der Waals surface area (Å²) in [7, 11) is 0. The number of hydrogen-bond acceptors (Lipinski definition) is 5. The van der Waals surface area contributed by atoms with Gasteiger partial charge in [0.05, 0.1) is 12.3 Å². The number of carboxylic acids is 1. The molecule has 1 heterocycles. The summed E-state index contributed by atoms with van der Waals surface area (Å²) in [6.45, 7) is 1.30. The van der Waals surface area contributed by atoms with Gasteiger partial charge >= 0.3 is 5.97 Å². The van der Waals surface area contributed by atoms with Crippen LogP contribution in [0.2, 0.25) is 0 Å². The molecule has 0 amide bonds. The van der Waals surface area contributed by atoms with Crippen LogP contribution < -0.4 is 0 Å². The molecular weight excluding hydrogens is 296 g/mol. The minimum atomic E-state index is -1.05. The van der Waals surface area contributed by atoms with Crippen LogP contribution >= 0.6 is 0 Å². The van der Waals surface area contributed by atoms with Gasteiger partial charge < -0.3 is 15.3 Å². The summed E-state index contributed by atoms with van der Waals surface area (Å²) in [6, 6.07) is 8.21. The molecule has 1 aromatic carbocycles. The lowest BCUT2D eigenvalue weighted by Gasteiger charge is -2.10. The largest absolute Gasteiger partial charge is 0.505 e. The van der Waals surface area contributed by atoms with Crippen LogP contribution in [0.15, 0.2) is 41.5 Å². The molecule has 3 N–H and O–H groups in total. The average molecular weight is 314 g/mol. The lowest BCUT2D eigenvalue weighted by molar-refractivity contribution is -0.138. The molecule has 6 nitrogen and oxygen atoms in total. The van der Waals surface area contributed by atoms with Crippen molar-refractivity contribution in [1.82, 2.24) is 4.98 Å². The van der Waals surface area contributed by atoms with Gasteiger partial charge in [0.1, 0.15) is 5.75 Å². The van der Waals surface area contributed by atoms with Crippen molar-refractivity contribution in [2.45, 2.75) is 26.0 Å². The third-order valence-electron chi connectivity index (χ3n) is 3.47. The van der Waals surface area contributed by atoms with Gasteiger partial charge in [-0.3, -0.25) is 9.98 Å². The second kappa shape index (κ2) is 7.51. The number of carbonyl (C=O) groups is 1. The molecular formula is C17H18N2O4. The number of aliphatic hydroxyl groups excluding tert-OH is 1. The molecule has 0 aliphatic heterocycles. The number of rotatable bonds is 6. The van der Waals surface area contributed by atoms with E-state index in [9.17, 15) is 20.1 Å². The van der Waals surface area contributed by atoms with Crippen LogP contribution in [0.1, 0.15) is 22.4 Å². The number of carboxylic acid groups (broad SMARTS) is 1. The molecule has 1 atom stereocenters. The fourth-order valence-electron chi connectivity index (χ4n) is 2.13. The second-order valence-corrected chi connectivity index (χ2v) is 5.11. The molecule has 1 aromatic heterocycles. The number of aromatic hydroxyl groups is 1. The maximum atomic E-state index is 11.4. The van der Waals surface area contributed by atoms with E-state index >= 15 is 0 Å². The Morgan fingerprint density at radius 1 is 1.35 bits per heavy atom. The van der Waals surface area contributed by atoms with Gasteiger partial charge in [-0.2, -0.15) is 0 Å². The van der Waals surface area contributed by atoms with Gasteiger partial charge in [-0.25, -0.2) is 4.79 Å². The zero-order chi connectivity index (χ0) is 16.8. The molecule has 6 heteroatoms. The molecule has 2 aromatic rings. The Morgan fingerprint density at radius 3 is 2.65 bits per heavy atom. The maximum Gasteiger partial charge on any atom is 0.328 e. The quantitative estimate of drug-likeness (QED) is 0.704. The van der Waals surface area contributed by atoms with Gasteiger partial charge in [-0.15, -0.1) is 0 Å². The summed E-state index contributed by atoms with van der Waals surface area (Å²) in [5, 5.41) is 28.7. The van der Waals surface area contributed by atoms with E-state index < -0.39 is 12.0 Å². The van der Waals surface area contributed by atoms with Gasteiger partial charge in [-0.1, -0.05) is 30.3 Å². The third kappa shape index (κ3) is 4.14. The lowest BCUT2D eigenvalue weighted by atomic mass is 10.1. The van der Waals surface area contributed by atoms with Crippen LogP contribution in [0.5, 0.6) is 5.75 Å². The predicted molar refractivity (Wildman–Crippen MR) is 85.7 cm³/mol. The van der Waals surface area contributed by atoms with Gasteiger partial charge in [0.25, 0.3) is 0 Å². The van der Waals surface area contributed by atoms with E-state index in [4.69, 9.17) is 0 Å². The highest BCUT2D eigenvalue weighted by atomic mass is 16.4. The number of pyridine rings is 1. The number of nitrogens with zero attached hydrogens (tertiary/aromatic N) is 2. The monoisotopic (exact) mass is 314 g/mol. The van der Waals surface area contributed by atoms with E-state index in [1.54, 1.807) is 6.92 Å². The highest BCUT2D eigenvalue weighted by Gasteiger charge is 2.17. The Balaban J connectivity index is 2.28. The zero-order valence-corrected chi connectivity index (χ0v) is 12.7. The minimum Gasteiger partial charge on any atom is -0.505 e. The number of aromatic nitrogens is 1. The predicted octanol–water partition coefficient (Wildman–Crippen LogP) is 1.70. The van der Waals surface area contributed by atoms with Crippen LogP contribution in [0.25, 0.3) is 0 Å². The van der Waals surface area contributed by atoms with Crippen LogP contribution in [0.3, 0.4) is 0 Å². The molecule has 0 spiro atoms. The van der Waals surface area contributed by atoms with Crippen molar-refractivity contribution < 1.29 is 20.1 Å². The highest BCUT2D eigenvalue weighted by Crippen LogP contribution is 2.22. The Morgan fingerprint density at radius 2 is 2.04 bits per heavy atom. The van der Waals surface area contributed by atoms with E-state index in [0.717, 1.165) is 5.56 Å². The summed E-state index contributed by atoms with van der Waals surface area (Å²) in [4.78, 5) is 19.4. The highest BCUT2D eigenvalue weighted by molar-refractivity contribution is 5.88. The standard InChI is InChI=1S/C17H18N2O4/c1-11-16(21)14(13(10-20)8-18-11)9-19-15(17(22)23)7-12-5-3-2-4-6-12/h2-6,8-9,15,20-21H,7,10H2,1H3,(H,22,23). The molecule has 1 unspecified atom stereocenters. The molecule has 23 heavy (non-hydrogen) atoms. The van der Waals surface area contributed by atoms with Gasteiger partial charge in [-0.05, 0) is 12.5 Å². The molecule has 0 saturated carbocycles. The first-order valence-corrected chi connectivity index (χ1v) is 7.11. The van der Waals surface area contributed by atoms with Crippen LogP contribution in [0.4, 0.5) is 0 Å². The lowest BCUT2D eigenvalue weighted by Crippen LogP contribution is -2.21. The van der Waals surface area contributed by atoms with Crippen molar-refractivity contribution >= 4 is 12.2 Å². The van der Waals surface area contributed by atoms with E-state index in [1.165, 1.54) is 12.4 Å². The van der Waals surface area contributed by atoms with Crippen molar-refractivity contribution in [3.8, 4) is 5.75 Å². The van der Waals surface area contributed by atoms with Crippen LogP contribution in [-0.2, 0) is 17.8 Å². The molecule has 0 saturated heterocycles. The number of aliphatic hydroxyl groups is 1. The van der Waals surface area contributed by atoms with Gasteiger partial charge in [0, 0.05) is 30.0 Å². The fourth-order valence-corrected chi connectivity index (χ4v) is 2.13. The van der Waals surface area contributed by atoms with E-state index in [1.807, 2.05) is 30.3 Å². The molecule has 0 radical (unpaired) electrons. The van der Waals surface area contributed by atoms with E-state index in [2.05, 4.69) is 9.98 Å². The van der Waals surface area contributed by atoms with Gasteiger partial charge in [0.2, 0.25) is 0 Å². The molecule has 0 aliphatic carbocycles. The Kier molecular flexibility index (Phi) is 5.43. The van der Waals surface area contributed by atoms with Crippen molar-refractivity contribution in [2.75, 3.05) is 0 Å². The molecule has 0 aliphatic rings. The Hall–Kier alpha value is -2.73. The summed E-state index contributed by atoms with van der Waals surface area (Å²) in [5.41, 5.74) is 1.92. The normalized spacial score (nSPS) is 12.4. The molecule has 120 valence electrons. The van der Waals surface area contributed by atoms with Crippen molar-refractivity contribution in [3.63, 3.8) is 0 Å². The van der Waals surface area contributed by atoms with Crippen LogP contribution in [0, 0.1) is 6.92 Å². The van der Waals surface area contributed by atoms with Crippen molar-refractivity contribution in [1.29, 1.82) is 0 Å². The van der Waals surface area contributed by atoms with E-state index in [0.29, 0.717) is 16.8 Å². The molecule has 0 bridgehead atoms. The van der Waals surface area contributed by atoms with Crippen LogP contribution in [-0.4, -0.2) is 38.5 Å². The Bertz CT molecular complexity index is 714. The first-order chi connectivity index (χ1) is 11.0. The summed E-state index contributed by atoms with van der Waals surface area (Å²) in [5.74, 6) is -1.16. The van der Waals surface area contributed by atoms with E-state index in [-0.39, 0.29) is 18.8 Å². The number of benzene rings is 1. The maximum absolute atomic E-state index is 11.4. The molecule has 2 rings (SSSR count). The smallest absolute Gasteiger partial charge is 0.328 e. The van der Waals surface area contributed by atoms with Gasteiger partial charge in [0.15, 0.2) is 6.04 Å². The summed E-state index contributed by atoms with van der Waals surface area (Å²) >= 11 is 0. The van der Waals surface area contributed by atoms with Crippen molar-refractivity contribution in [3.05, 3.63) is 58.9 Å². The fraction of sp³-hybridized carbons (Fsp3) is 0.235. The number of aliphatic carboxylic acids is 1. The second-order valence-electron chi connectivity index (χ2n) is 5.11. The first-order valence-electron chi connectivity index (χ1n) is 7.11. The average Bonchev–Trinajstić information content (AvgIpc) is 2.55. The number of aryl methyl sites for hydroxylation is 1. The van der Waals surface area contributed by atoms with Crippen molar-refractivity contribution in [2.24, 2.45) is 4.99 Å². The summed E-state index contributed by atoms with van der Waals surface area (Å²) < 4.78 is 0. The third-order valence-corrected chi connectivity index (χ3v) is 3.47. The first kappa shape index (κ1) is 16.6. The molecule has 0 fully saturated rings. The topological polar surface area (TPSA) is 103 Å². The number of hydrogen-bond donors (Lipinski definition) is 3. The SMILES string of the molecule is Cc1ncc(CO)c(C=NC(Cc2ccccc2)C(=O)O)c1O. The number of aliphatic imine (C=N–C) groups is 1. The Labute approximate surface area is 133 Å². The zero-order valence-electron chi connectivity index (χ0n) is 12.7. The minimum absolute atomic E-state index is 0.107.